The second-order valence-electron chi connectivity index (χ2n) is 6.86. The Morgan fingerprint density at radius 3 is 2.52 bits per heavy atom. The molecule has 0 amide bonds. The molecule has 1 heterocycles. The standard InChI is InChI=1S/C24H19NO6/c1-2-17-5-3-4-6-21(17)31-23-15-30-22-13-19(11-12-20(22)24(23)26)29-14-16-7-9-18(10-8-16)25(27)28/h3-13,15H,2,14H2,1H3. The minimum absolute atomic E-state index is 0.0239. The molecule has 3 aromatic carbocycles. The van der Waals surface area contributed by atoms with Crippen LogP contribution in [0.25, 0.3) is 11.0 Å². The lowest BCUT2D eigenvalue weighted by atomic mass is 10.1. The van der Waals surface area contributed by atoms with Crippen molar-refractivity contribution in [3.63, 3.8) is 0 Å². The van der Waals surface area contributed by atoms with Crippen molar-refractivity contribution in [3.05, 3.63) is 104 Å². The first-order valence-electron chi connectivity index (χ1n) is 9.72. The van der Waals surface area contributed by atoms with Crippen LogP contribution >= 0.6 is 0 Å². The third kappa shape index (κ3) is 4.40. The SMILES string of the molecule is CCc1ccccc1Oc1coc2cc(OCc3ccc([N+](=O)[O-])cc3)ccc2c1=O. The Labute approximate surface area is 177 Å². The summed E-state index contributed by atoms with van der Waals surface area (Å²) in [7, 11) is 0. The molecule has 156 valence electrons. The average Bonchev–Trinajstić information content (AvgIpc) is 2.80. The van der Waals surface area contributed by atoms with Crippen LogP contribution in [0.3, 0.4) is 0 Å². The molecule has 0 aliphatic heterocycles. The third-order valence-electron chi connectivity index (χ3n) is 4.84. The van der Waals surface area contributed by atoms with Crippen LogP contribution in [0.5, 0.6) is 17.2 Å². The molecule has 0 aliphatic rings. The maximum atomic E-state index is 12.8. The lowest BCUT2D eigenvalue weighted by Gasteiger charge is -2.10. The highest BCUT2D eigenvalue weighted by molar-refractivity contribution is 5.79. The molecule has 0 atom stereocenters. The third-order valence-corrected chi connectivity index (χ3v) is 4.84. The molecule has 4 rings (SSSR count). The van der Waals surface area contributed by atoms with Gasteiger partial charge in [0.2, 0.25) is 11.2 Å². The van der Waals surface area contributed by atoms with Crippen LogP contribution in [0.2, 0.25) is 0 Å². The maximum absolute atomic E-state index is 12.8. The molecule has 0 bridgehead atoms. The van der Waals surface area contributed by atoms with E-state index >= 15 is 0 Å². The molecule has 7 nitrogen and oxygen atoms in total. The molecule has 0 radical (unpaired) electrons. The van der Waals surface area contributed by atoms with E-state index in [1.54, 1.807) is 30.3 Å². The highest BCUT2D eigenvalue weighted by atomic mass is 16.6. The van der Waals surface area contributed by atoms with Gasteiger partial charge in [0, 0.05) is 18.2 Å². The van der Waals surface area contributed by atoms with Gasteiger partial charge in [0.1, 0.15) is 30.0 Å². The van der Waals surface area contributed by atoms with Gasteiger partial charge in [-0.15, -0.1) is 0 Å². The Balaban J connectivity index is 1.53. The molecule has 0 aliphatic carbocycles. The largest absolute Gasteiger partial charge is 0.489 e. The molecule has 31 heavy (non-hydrogen) atoms. The van der Waals surface area contributed by atoms with Gasteiger partial charge in [0.05, 0.1) is 10.3 Å². The van der Waals surface area contributed by atoms with Gasteiger partial charge in [-0.05, 0) is 47.9 Å². The van der Waals surface area contributed by atoms with Crippen LogP contribution in [-0.2, 0) is 13.0 Å². The monoisotopic (exact) mass is 417 g/mol. The minimum atomic E-state index is -0.450. The van der Waals surface area contributed by atoms with Crippen LogP contribution in [0.1, 0.15) is 18.1 Å². The fourth-order valence-corrected chi connectivity index (χ4v) is 3.15. The summed E-state index contributed by atoms with van der Waals surface area (Å²) in [5.74, 6) is 1.26. The number of para-hydroxylation sites is 1. The van der Waals surface area contributed by atoms with Crippen LogP contribution in [0, 0.1) is 10.1 Å². The van der Waals surface area contributed by atoms with Gasteiger partial charge in [-0.1, -0.05) is 25.1 Å². The zero-order valence-electron chi connectivity index (χ0n) is 16.7. The fraction of sp³-hybridized carbons (Fsp3) is 0.125. The van der Waals surface area contributed by atoms with Crippen molar-refractivity contribution in [3.8, 4) is 17.2 Å². The van der Waals surface area contributed by atoms with Crippen LogP contribution < -0.4 is 14.9 Å². The van der Waals surface area contributed by atoms with Gasteiger partial charge >= 0.3 is 0 Å². The summed E-state index contributed by atoms with van der Waals surface area (Å²) < 4.78 is 17.2. The quantitative estimate of drug-likeness (QED) is 0.286. The first-order chi connectivity index (χ1) is 15.0. The molecular formula is C24H19NO6. The van der Waals surface area contributed by atoms with Crippen molar-refractivity contribution >= 4 is 16.7 Å². The zero-order chi connectivity index (χ0) is 21.8. The van der Waals surface area contributed by atoms with Gasteiger partial charge < -0.3 is 13.9 Å². The van der Waals surface area contributed by atoms with Crippen molar-refractivity contribution < 1.29 is 18.8 Å². The molecule has 7 heteroatoms. The molecule has 4 aromatic rings. The summed E-state index contributed by atoms with van der Waals surface area (Å²) >= 11 is 0. The summed E-state index contributed by atoms with van der Waals surface area (Å²) in [5, 5.41) is 11.1. The predicted octanol–water partition coefficient (Wildman–Crippen LogP) is 5.63. The number of fused-ring (bicyclic) bond motifs is 1. The lowest BCUT2D eigenvalue weighted by molar-refractivity contribution is -0.384. The number of nitro benzene ring substituents is 1. The molecule has 0 saturated carbocycles. The van der Waals surface area contributed by atoms with E-state index in [2.05, 4.69) is 0 Å². The van der Waals surface area contributed by atoms with Gasteiger partial charge in [-0.25, -0.2) is 0 Å². The normalized spacial score (nSPS) is 10.7. The van der Waals surface area contributed by atoms with Crippen LogP contribution in [0.15, 0.2) is 82.2 Å². The van der Waals surface area contributed by atoms with Crippen molar-refractivity contribution in [2.75, 3.05) is 0 Å². The Hall–Kier alpha value is -4.13. The first-order valence-corrected chi connectivity index (χ1v) is 9.72. The van der Waals surface area contributed by atoms with E-state index in [0.717, 1.165) is 17.5 Å². The number of aryl methyl sites for hydroxylation is 1. The summed E-state index contributed by atoms with van der Waals surface area (Å²) in [4.78, 5) is 23.1. The van der Waals surface area contributed by atoms with E-state index in [9.17, 15) is 14.9 Å². The minimum Gasteiger partial charge on any atom is -0.489 e. The van der Waals surface area contributed by atoms with Gasteiger partial charge in [-0.2, -0.15) is 0 Å². The first kappa shape index (κ1) is 20.2. The number of benzene rings is 3. The van der Waals surface area contributed by atoms with E-state index in [0.29, 0.717) is 22.5 Å². The van der Waals surface area contributed by atoms with Crippen LogP contribution in [-0.4, -0.2) is 4.92 Å². The van der Waals surface area contributed by atoms with E-state index in [1.807, 2.05) is 31.2 Å². The number of hydrogen-bond donors (Lipinski definition) is 0. The fourth-order valence-electron chi connectivity index (χ4n) is 3.15. The number of non-ortho nitro benzene ring substituents is 1. The van der Waals surface area contributed by atoms with Crippen molar-refractivity contribution in [2.45, 2.75) is 20.0 Å². The van der Waals surface area contributed by atoms with E-state index in [-0.39, 0.29) is 23.5 Å². The molecule has 0 spiro atoms. The van der Waals surface area contributed by atoms with Gasteiger partial charge in [0.15, 0.2) is 0 Å². The van der Waals surface area contributed by atoms with Crippen molar-refractivity contribution in [2.24, 2.45) is 0 Å². The Morgan fingerprint density at radius 1 is 1.00 bits per heavy atom. The highest BCUT2D eigenvalue weighted by Gasteiger charge is 2.12. The van der Waals surface area contributed by atoms with Crippen molar-refractivity contribution in [1.82, 2.24) is 0 Å². The number of hydrogen-bond acceptors (Lipinski definition) is 6. The summed E-state index contributed by atoms with van der Waals surface area (Å²) in [6.07, 6.45) is 2.09. The van der Waals surface area contributed by atoms with Crippen molar-refractivity contribution in [1.29, 1.82) is 0 Å². The summed E-state index contributed by atoms with van der Waals surface area (Å²) in [5.41, 5.74) is 1.91. The zero-order valence-corrected chi connectivity index (χ0v) is 16.7. The van der Waals surface area contributed by atoms with Gasteiger partial charge in [0.25, 0.3) is 5.69 Å². The number of nitrogens with zero attached hydrogens (tertiary/aromatic N) is 1. The van der Waals surface area contributed by atoms with Crippen LogP contribution in [0.4, 0.5) is 5.69 Å². The second kappa shape index (κ2) is 8.71. The number of rotatable bonds is 7. The maximum Gasteiger partial charge on any atom is 0.269 e. The number of ether oxygens (including phenoxy) is 2. The van der Waals surface area contributed by atoms with E-state index in [1.165, 1.54) is 18.4 Å². The lowest BCUT2D eigenvalue weighted by Crippen LogP contribution is -2.06. The molecule has 1 aromatic heterocycles. The average molecular weight is 417 g/mol. The molecule has 0 unspecified atom stereocenters. The van der Waals surface area contributed by atoms with Gasteiger partial charge in [-0.3, -0.25) is 14.9 Å². The van der Waals surface area contributed by atoms with E-state index in [4.69, 9.17) is 13.9 Å². The highest BCUT2D eigenvalue weighted by Crippen LogP contribution is 2.27. The second-order valence-corrected chi connectivity index (χ2v) is 6.86. The Morgan fingerprint density at radius 2 is 1.77 bits per heavy atom. The Kier molecular flexibility index (Phi) is 5.66. The summed E-state index contributed by atoms with van der Waals surface area (Å²) in [6, 6.07) is 18.6. The topological polar surface area (TPSA) is 91.8 Å². The van der Waals surface area contributed by atoms with E-state index < -0.39 is 4.92 Å². The smallest absolute Gasteiger partial charge is 0.269 e. The predicted molar refractivity (Wildman–Crippen MR) is 116 cm³/mol. The molecule has 0 saturated heterocycles. The summed E-state index contributed by atoms with van der Waals surface area (Å²) in [6.45, 7) is 2.24. The molecule has 0 N–H and O–H groups in total. The Bertz CT molecular complexity index is 1290. The molecule has 0 fully saturated rings. The molecular weight excluding hydrogens is 398 g/mol. The number of nitro groups is 1.